The Hall–Kier alpha value is -1.91. The molecule has 0 heterocycles. The molecule has 4 nitrogen and oxygen atoms in total. The quantitative estimate of drug-likeness (QED) is 0.650. The number of carbonyl (C=O) groups is 1. The van der Waals surface area contributed by atoms with Crippen molar-refractivity contribution >= 4 is 34.9 Å². The molecule has 2 rings (SSSR count). The van der Waals surface area contributed by atoms with E-state index in [0.29, 0.717) is 27.2 Å². The number of hydrogen-bond donors (Lipinski definition) is 1. The number of halogens is 2. The minimum atomic E-state index is -0.402. The smallest absolute Gasteiger partial charge is 0.312 e. The maximum Gasteiger partial charge on any atom is 0.312 e. The Morgan fingerprint density at radius 2 is 1.82 bits per heavy atom. The zero-order valence-electron chi connectivity index (χ0n) is 12.1. The first-order valence-electron chi connectivity index (χ1n) is 6.52. The summed E-state index contributed by atoms with van der Waals surface area (Å²) in [5, 5.41) is 0.909. The Balaban J connectivity index is 2.25. The van der Waals surface area contributed by atoms with Crippen LogP contribution in [-0.2, 0) is 9.53 Å². The third-order valence-corrected chi connectivity index (χ3v) is 3.73. The number of esters is 1. The Morgan fingerprint density at radius 3 is 2.41 bits per heavy atom. The van der Waals surface area contributed by atoms with Gasteiger partial charge in [-0.1, -0.05) is 29.3 Å². The van der Waals surface area contributed by atoms with Gasteiger partial charge in [-0.3, -0.25) is 4.79 Å². The van der Waals surface area contributed by atoms with Crippen LogP contribution >= 0.6 is 23.2 Å². The Bertz CT molecular complexity index is 704. The van der Waals surface area contributed by atoms with Crippen LogP contribution in [0.25, 0.3) is 0 Å². The SMILES string of the molecule is COC(=O)C(C)c1ccc(Oc2ccc(Cl)cc2Cl)c(N)c1. The molecule has 2 N–H and O–H groups in total. The lowest BCUT2D eigenvalue weighted by molar-refractivity contribution is -0.141. The summed E-state index contributed by atoms with van der Waals surface area (Å²) in [6, 6.07) is 10.1. The van der Waals surface area contributed by atoms with Gasteiger partial charge in [0.05, 0.1) is 23.7 Å². The predicted molar refractivity (Wildman–Crippen MR) is 87.8 cm³/mol. The molecule has 0 radical (unpaired) electrons. The summed E-state index contributed by atoms with van der Waals surface area (Å²) >= 11 is 11.9. The highest BCUT2D eigenvalue weighted by molar-refractivity contribution is 6.35. The first-order chi connectivity index (χ1) is 10.4. The largest absolute Gasteiger partial charge is 0.469 e. The fraction of sp³-hybridized carbons (Fsp3) is 0.188. The van der Waals surface area contributed by atoms with Crippen LogP contribution in [0.1, 0.15) is 18.4 Å². The number of nitrogen functional groups attached to an aromatic ring is 1. The molecule has 0 bridgehead atoms. The highest BCUT2D eigenvalue weighted by Crippen LogP contribution is 2.35. The van der Waals surface area contributed by atoms with E-state index in [9.17, 15) is 4.79 Å². The van der Waals surface area contributed by atoms with E-state index < -0.39 is 5.92 Å². The summed E-state index contributed by atoms with van der Waals surface area (Å²) in [5.74, 6) is 0.172. The van der Waals surface area contributed by atoms with Crippen LogP contribution in [0, 0.1) is 0 Å². The molecule has 2 aromatic carbocycles. The lowest BCUT2D eigenvalue weighted by Gasteiger charge is -2.14. The average Bonchev–Trinajstić information content (AvgIpc) is 2.50. The molecule has 0 spiro atoms. The van der Waals surface area contributed by atoms with Gasteiger partial charge in [-0.25, -0.2) is 0 Å². The molecule has 22 heavy (non-hydrogen) atoms. The van der Waals surface area contributed by atoms with Crippen LogP contribution in [0.2, 0.25) is 10.0 Å². The summed E-state index contributed by atoms with van der Waals surface area (Å²) in [4.78, 5) is 11.6. The predicted octanol–water partition coefficient (Wildman–Crippen LogP) is 4.64. The zero-order valence-corrected chi connectivity index (χ0v) is 13.6. The number of ether oxygens (including phenoxy) is 2. The molecular formula is C16H15Cl2NO3. The highest BCUT2D eigenvalue weighted by Gasteiger charge is 2.17. The third-order valence-electron chi connectivity index (χ3n) is 3.20. The number of nitrogens with two attached hydrogens (primary N) is 1. The molecule has 0 fully saturated rings. The van der Waals surface area contributed by atoms with Crippen LogP contribution < -0.4 is 10.5 Å². The number of anilines is 1. The van der Waals surface area contributed by atoms with Crippen molar-refractivity contribution in [2.45, 2.75) is 12.8 Å². The second-order valence-corrected chi connectivity index (χ2v) is 5.56. The van der Waals surface area contributed by atoms with Crippen molar-refractivity contribution in [3.63, 3.8) is 0 Å². The molecule has 0 saturated carbocycles. The fourth-order valence-electron chi connectivity index (χ4n) is 1.92. The first-order valence-corrected chi connectivity index (χ1v) is 7.28. The number of carbonyl (C=O) groups excluding carboxylic acids is 1. The van der Waals surface area contributed by atoms with E-state index in [-0.39, 0.29) is 5.97 Å². The molecule has 0 aliphatic rings. The van der Waals surface area contributed by atoms with Crippen molar-refractivity contribution in [2.75, 3.05) is 12.8 Å². The third kappa shape index (κ3) is 3.64. The Kier molecular flexibility index (Phi) is 5.16. The first kappa shape index (κ1) is 16.5. The van der Waals surface area contributed by atoms with Gasteiger partial charge in [-0.05, 0) is 42.8 Å². The number of hydrogen-bond acceptors (Lipinski definition) is 4. The average molecular weight is 340 g/mol. The van der Waals surface area contributed by atoms with Crippen LogP contribution in [-0.4, -0.2) is 13.1 Å². The van der Waals surface area contributed by atoms with Gasteiger partial charge in [0.1, 0.15) is 11.5 Å². The normalized spacial score (nSPS) is 11.8. The molecule has 0 aliphatic carbocycles. The van der Waals surface area contributed by atoms with Gasteiger partial charge in [-0.15, -0.1) is 0 Å². The summed E-state index contributed by atoms with van der Waals surface area (Å²) in [5.41, 5.74) is 7.13. The van der Waals surface area contributed by atoms with Gasteiger partial charge < -0.3 is 15.2 Å². The van der Waals surface area contributed by atoms with Gasteiger partial charge >= 0.3 is 5.97 Å². The van der Waals surface area contributed by atoms with E-state index in [4.69, 9.17) is 38.4 Å². The van der Waals surface area contributed by atoms with E-state index >= 15 is 0 Å². The van der Waals surface area contributed by atoms with Crippen molar-refractivity contribution in [3.8, 4) is 11.5 Å². The minimum Gasteiger partial charge on any atom is -0.469 e. The van der Waals surface area contributed by atoms with Crippen molar-refractivity contribution in [3.05, 3.63) is 52.0 Å². The summed E-state index contributed by atoms with van der Waals surface area (Å²) in [6.07, 6.45) is 0. The second kappa shape index (κ2) is 6.90. The van der Waals surface area contributed by atoms with Gasteiger partial charge in [0.15, 0.2) is 0 Å². The number of rotatable bonds is 4. The fourth-order valence-corrected chi connectivity index (χ4v) is 2.37. The standard InChI is InChI=1S/C16H15Cl2NO3/c1-9(16(20)21-2)10-3-5-15(13(19)7-10)22-14-6-4-11(17)8-12(14)18/h3-9H,19H2,1-2H3. The molecule has 1 unspecified atom stereocenters. The molecule has 116 valence electrons. The molecule has 6 heteroatoms. The van der Waals surface area contributed by atoms with Gasteiger partial charge in [0, 0.05) is 5.02 Å². The lowest BCUT2D eigenvalue weighted by Crippen LogP contribution is -2.11. The maximum absolute atomic E-state index is 11.6. The number of methoxy groups -OCH3 is 1. The van der Waals surface area contributed by atoms with E-state index in [2.05, 4.69) is 0 Å². The van der Waals surface area contributed by atoms with Gasteiger partial charge in [0.2, 0.25) is 0 Å². The maximum atomic E-state index is 11.6. The van der Waals surface area contributed by atoms with Crippen molar-refractivity contribution in [2.24, 2.45) is 0 Å². The lowest BCUT2D eigenvalue weighted by atomic mass is 10.0. The van der Waals surface area contributed by atoms with E-state index in [0.717, 1.165) is 5.56 Å². The van der Waals surface area contributed by atoms with Gasteiger partial charge in [0.25, 0.3) is 0 Å². The highest BCUT2D eigenvalue weighted by atomic mass is 35.5. The topological polar surface area (TPSA) is 61.5 Å². The minimum absolute atomic E-state index is 0.325. The molecule has 2 aromatic rings. The van der Waals surface area contributed by atoms with Crippen molar-refractivity contribution in [1.82, 2.24) is 0 Å². The van der Waals surface area contributed by atoms with Crippen LogP contribution in [0.4, 0.5) is 5.69 Å². The van der Waals surface area contributed by atoms with Crippen LogP contribution in [0.5, 0.6) is 11.5 Å². The monoisotopic (exact) mass is 339 g/mol. The second-order valence-electron chi connectivity index (χ2n) is 4.72. The van der Waals surface area contributed by atoms with E-state index in [1.165, 1.54) is 7.11 Å². The summed E-state index contributed by atoms with van der Waals surface area (Å²) in [6.45, 7) is 1.75. The van der Waals surface area contributed by atoms with Crippen LogP contribution in [0.3, 0.4) is 0 Å². The van der Waals surface area contributed by atoms with E-state index in [1.54, 1.807) is 43.3 Å². The molecular weight excluding hydrogens is 325 g/mol. The number of benzene rings is 2. The molecule has 0 amide bonds. The summed E-state index contributed by atoms with van der Waals surface area (Å²) < 4.78 is 10.4. The summed E-state index contributed by atoms with van der Waals surface area (Å²) in [7, 11) is 1.35. The molecule has 1 atom stereocenters. The Labute approximate surface area is 138 Å². The van der Waals surface area contributed by atoms with Gasteiger partial charge in [-0.2, -0.15) is 0 Å². The van der Waals surface area contributed by atoms with Crippen LogP contribution in [0.15, 0.2) is 36.4 Å². The van der Waals surface area contributed by atoms with Crippen molar-refractivity contribution in [1.29, 1.82) is 0 Å². The van der Waals surface area contributed by atoms with E-state index in [1.807, 2.05) is 0 Å². The molecule has 0 saturated heterocycles. The zero-order chi connectivity index (χ0) is 16.3. The molecule has 0 aromatic heterocycles. The Morgan fingerprint density at radius 1 is 1.14 bits per heavy atom. The van der Waals surface area contributed by atoms with Crippen molar-refractivity contribution < 1.29 is 14.3 Å². The molecule has 0 aliphatic heterocycles.